The van der Waals surface area contributed by atoms with Gasteiger partial charge in [-0.25, -0.2) is 14.4 Å². The predicted octanol–water partition coefficient (Wildman–Crippen LogP) is 4.75. The van der Waals surface area contributed by atoms with Crippen LogP contribution in [0.2, 0.25) is 10.2 Å². The van der Waals surface area contributed by atoms with Crippen molar-refractivity contribution in [3.63, 3.8) is 0 Å². The zero-order chi connectivity index (χ0) is 15.0. The summed E-state index contributed by atoms with van der Waals surface area (Å²) < 4.78 is 19.2. The Morgan fingerprint density at radius 2 is 1.90 bits per heavy atom. The lowest BCUT2D eigenvalue weighted by Crippen LogP contribution is -1.95. The Morgan fingerprint density at radius 3 is 2.67 bits per heavy atom. The molecular weight excluding hydrogens is 314 g/mol. The lowest BCUT2D eigenvalue weighted by atomic mass is 10.2. The molecule has 1 heterocycles. The number of benzene rings is 2. The normalized spacial score (nSPS) is 10.9. The van der Waals surface area contributed by atoms with Crippen LogP contribution in [0.4, 0.5) is 4.39 Å². The van der Waals surface area contributed by atoms with Crippen molar-refractivity contribution in [1.82, 2.24) is 9.97 Å². The molecule has 0 amide bonds. The molecule has 0 radical (unpaired) electrons. The average Bonchev–Trinajstić information content (AvgIpc) is 2.49. The largest absolute Gasteiger partial charge is 0.497 e. The van der Waals surface area contributed by atoms with Crippen molar-refractivity contribution in [2.75, 3.05) is 7.11 Å². The minimum atomic E-state index is -0.572. The SMILES string of the molecule is COc1ccc2c(Cl)nc(-c3cccc(Cl)c3F)nc2c1. The van der Waals surface area contributed by atoms with Crippen molar-refractivity contribution in [2.45, 2.75) is 0 Å². The minimum absolute atomic E-state index is 0.0120. The number of ether oxygens (including phenoxy) is 1. The Morgan fingerprint density at radius 1 is 1.10 bits per heavy atom. The Bertz CT molecular complexity index is 839. The standard InChI is InChI=1S/C15H9Cl2FN2O/c1-21-8-5-6-9-12(7-8)19-15(20-14(9)17)10-3-2-4-11(16)13(10)18/h2-7H,1H3. The number of hydrogen-bond donors (Lipinski definition) is 0. The summed E-state index contributed by atoms with van der Waals surface area (Å²) >= 11 is 11.9. The fraction of sp³-hybridized carbons (Fsp3) is 0.0667. The van der Waals surface area contributed by atoms with E-state index in [1.807, 2.05) is 0 Å². The maximum absolute atomic E-state index is 14.1. The van der Waals surface area contributed by atoms with E-state index in [4.69, 9.17) is 27.9 Å². The van der Waals surface area contributed by atoms with Crippen molar-refractivity contribution in [3.05, 3.63) is 52.4 Å². The van der Waals surface area contributed by atoms with E-state index in [0.29, 0.717) is 16.7 Å². The first kappa shape index (κ1) is 14.0. The van der Waals surface area contributed by atoms with Crippen LogP contribution < -0.4 is 4.74 Å². The fourth-order valence-corrected chi connectivity index (χ4v) is 2.41. The van der Waals surface area contributed by atoms with Crippen LogP contribution in [-0.4, -0.2) is 17.1 Å². The van der Waals surface area contributed by atoms with Crippen molar-refractivity contribution >= 4 is 34.1 Å². The molecule has 0 N–H and O–H groups in total. The van der Waals surface area contributed by atoms with Gasteiger partial charge in [-0.2, -0.15) is 0 Å². The molecule has 3 rings (SSSR count). The highest BCUT2D eigenvalue weighted by Gasteiger charge is 2.14. The highest BCUT2D eigenvalue weighted by molar-refractivity contribution is 6.34. The predicted molar refractivity (Wildman–Crippen MR) is 81.5 cm³/mol. The second kappa shape index (κ2) is 5.47. The number of halogens is 3. The number of aromatic nitrogens is 2. The minimum Gasteiger partial charge on any atom is -0.497 e. The summed E-state index contributed by atoms with van der Waals surface area (Å²) in [5.41, 5.74) is 0.776. The van der Waals surface area contributed by atoms with Gasteiger partial charge in [0.05, 0.1) is 23.2 Å². The van der Waals surface area contributed by atoms with Crippen molar-refractivity contribution in [2.24, 2.45) is 0 Å². The van der Waals surface area contributed by atoms with Gasteiger partial charge in [-0.05, 0) is 24.3 Å². The molecule has 0 aliphatic rings. The monoisotopic (exact) mass is 322 g/mol. The van der Waals surface area contributed by atoms with E-state index < -0.39 is 5.82 Å². The fourth-order valence-electron chi connectivity index (χ4n) is 1.99. The molecule has 106 valence electrons. The van der Waals surface area contributed by atoms with Crippen molar-refractivity contribution in [3.8, 4) is 17.1 Å². The zero-order valence-electron chi connectivity index (χ0n) is 10.9. The second-order valence-electron chi connectivity index (χ2n) is 4.32. The average molecular weight is 323 g/mol. The third kappa shape index (κ3) is 2.52. The van der Waals surface area contributed by atoms with Gasteiger partial charge in [-0.15, -0.1) is 0 Å². The molecule has 21 heavy (non-hydrogen) atoms. The summed E-state index contributed by atoms with van der Waals surface area (Å²) in [7, 11) is 1.56. The van der Waals surface area contributed by atoms with Crippen LogP contribution >= 0.6 is 23.2 Å². The van der Waals surface area contributed by atoms with Crippen LogP contribution in [0, 0.1) is 5.82 Å². The van der Waals surface area contributed by atoms with Crippen molar-refractivity contribution in [1.29, 1.82) is 0 Å². The molecule has 0 saturated carbocycles. The quantitative estimate of drug-likeness (QED) is 0.638. The molecule has 0 atom stereocenters. The summed E-state index contributed by atoms with van der Waals surface area (Å²) in [4.78, 5) is 8.49. The Kier molecular flexibility index (Phi) is 3.66. The smallest absolute Gasteiger partial charge is 0.164 e. The molecule has 0 spiro atoms. The van der Waals surface area contributed by atoms with E-state index in [-0.39, 0.29) is 21.6 Å². The van der Waals surface area contributed by atoms with Gasteiger partial charge in [-0.1, -0.05) is 29.3 Å². The van der Waals surface area contributed by atoms with Crippen LogP contribution in [0.3, 0.4) is 0 Å². The van der Waals surface area contributed by atoms with E-state index in [9.17, 15) is 4.39 Å². The highest BCUT2D eigenvalue weighted by atomic mass is 35.5. The first-order chi connectivity index (χ1) is 10.1. The van der Waals surface area contributed by atoms with Crippen LogP contribution in [0.5, 0.6) is 5.75 Å². The van der Waals surface area contributed by atoms with E-state index >= 15 is 0 Å². The van der Waals surface area contributed by atoms with Crippen LogP contribution in [0.15, 0.2) is 36.4 Å². The van der Waals surface area contributed by atoms with Gasteiger partial charge >= 0.3 is 0 Å². The number of fused-ring (bicyclic) bond motifs is 1. The summed E-state index contributed by atoms with van der Waals surface area (Å²) in [6.07, 6.45) is 0. The Labute approximate surface area is 130 Å². The molecule has 0 bridgehead atoms. The Hall–Kier alpha value is -1.91. The zero-order valence-corrected chi connectivity index (χ0v) is 12.4. The van der Waals surface area contributed by atoms with Gasteiger partial charge in [0.25, 0.3) is 0 Å². The van der Waals surface area contributed by atoms with Crippen molar-refractivity contribution < 1.29 is 9.13 Å². The number of methoxy groups -OCH3 is 1. The number of hydrogen-bond acceptors (Lipinski definition) is 3. The van der Waals surface area contributed by atoms with Gasteiger partial charge in [0.2, 0.25) is 0 Å². The molecular formula is C15H9Cl2FN2O. The van der Waals surface area contributed by atoms with E-state index in [2.05, 4.69) is 9.97 Å². The first-order valence-electron chi connectivity index (χ1n) is 6.06. The highest BCUT2D eigenvalue weighted by Crippen LogP contribution is 2.30. The summed E-state index contributed by atoms with van der Waals surface area (Å²) in [6.45, 7) is 0. The summed E-state index contributed by atoms with van der Waals surface area (Å²) in [5.74, 6) is 0.244. The molecule has 6 heteroatoms. The summed E-state index contributed by atoms with van der Waals surface area (Å²) in [5, 5.41) is 0.929. The van der Waals surface area contributed by atoms with Gasteiger partial charge in [-0.3, -0.25) is 0 Å². The molecule has 0 fully saturated rings. The first-order valence-corrected chi connectivity index (χ1v) is 6.81. The third-order valence-corrected chi connectivity index (χ3v) is 3.63. The molecule has 0 saturated heterocycles. The lowest BCUT2D eigenvalue weighted by molar-refractivity contribution is 0.415. The van der Waals surface area contributed by atoms with Gasteiger partial charge in [0.15, 0.2) is 11.6 Å². The topological polar surface area (TPSA) is 35.0 Å². The molecule has 3 aromatic rings. The maximum atomic E-state index is 14.1. The second-order valence-corrected chi connectivity index (χ2v) is 5.09. The van der Waals surface area contributed by atoms with E-state index in [1.165, 1.54) is 6.07 Å². The Balaban J connectivity index is 2.26. The molecule has 1 aromatic heterocycles. The van der Waals surface area contributed by atoms with Gasteiger partial charge < -0.3 is 4.74 Å². The number of rotatable bonds is 2. The molecule has 0 aliphatic heterocycles. The lowest BCUT2D eigenvalue weighted by Gasteiger charge is -2.07. The molecule has 2 aromatic carbocycles. The van der Waals surface area contributed by atoms with Crippen LogP contribution in [-0.2, 0) is 0 Å². The maximum Gasteiger partial charge on any atom is 0.164 e. The van der Waals surface area contributed by atoms with Gasteiger partial charge in [0.1, 0.15) is 10.9 Å². The summed E-state index contributed by atoms with van der Waals surface area (Å²) in [6, 6.07) is 9.89. The molecule has 0 unspecified atom stereocenters. The van der Waals surface area contributed by atoms with Crippen LogP contribution in [0.25, 0.3) is 22.3 Å². The molecule has 0 aliphatic carbocycles. The molecule has 3 nitrogen and oxygen atoms in total. The number of nitrogens with zero attached hydrogens (tertiary/aromatic N) is 2. The van der Waals surface area contributed by atoms with E-state index in [0.717, 1.165) is 0 Å². The van der Waals surface area contributed by atoms with Crippen LogP contribution in [0.1, 0.15) is 0 Å². The van der Waals surface area contributed by atoms with E-state index in [1.54, 1.807) is 37.4 Å². The third-order valence-electron chi connectivity index (χ3n) is 3.05. The van der Waals surface area contributed by atoms with Gasteiger partial charge in [0, 0.05) is 11.5 Å².